The van der Waals surface area contributed by atoms with Crippen LogP contribution >= 0.6 is 0 Å². The van der Waals surface area contributed by atoms with Crippen molar-refractivity contribution in [1.29, 1.82) is 0 Å². The maximum atomic E-state index is 12.4. The van der Waals surface area contributed by atoms with Crippen LogP contribution in [0.3, 0.4) is 0 Å². The quantitative estimate of drug-likeness (QED) is 0.810. The summed E-state index contributed by atoms with van der Waals surface area (Å²) in [5, 5.41) is 8.12. The van der Waals surface area contributed by atoms with Crippen LogP contribution in [0.4, 0.5) is 13.2 Å². The minimum absolute atomic E-state index is 0.0327. The predicted octanol–water partition coefficient (Wildman–Crippen LogP) is 2.16. The van der Waals surface area contributed by atoms with Crippen molar-refractivity contribution < 1.29 is 18.0 Å². The average Bonchev–Trinajstić information content (AvgIpc) is 2.90. The van der Waals surface area contributed by atoms with Crippen LogP contribution in [-0.4, -0.2) is 45.1 Å². The van der Waals surface area contributed by atoms with Gasteiger partial charge in [0.1, 0.15) is 5.52 Å². The lowest BCUT2D eigenvalue weighted by Gasteiger charge is -2.32. The topological polar surface area (TPSA) is 51.0 Å². The highest BCUT2D eigenvalue weighted by molar-refractivity contribution is 5.82. The van der Waals surface area contributed by atoms with Crippen molar-refractivity contribution >= 4 is 16.9 Å². The average molecular weight is 298 g/mol. The largest absolute Gasteiger partial charge is 0.471 e. The molecule has 1 aromatic heterocycles. The summed E-state index contributed by atoms with van der Waals surface area (Å²) in [5.74, 6) is -1.76. The summed E-state index contributed by atoms with van der Waals surface area (Å²) in [6.07, 6.45) is -3.92. The van der Waals surface area contributed by atoms with Crippen LogP contribution in [0.2, 0.25) is 0 Å². The molecule has 2 heterocycles. The van der Waals surface area contributed by atoms with Gasteiger partial charge in [-0.2, -0.15) is 13.2 Å². The van der Waals surface area contributed by atoms with Gasteiger partial charge in [-0.05, 0) is 25.0 Å². The fourth-order valence-electron chi connectivity index (χ4n) is 2.65. The SMILES string of the molecule is O=C(N1CCC(n2nnc3ccccc32)CC1)C(F)(F)F. The number of halogens is 3. The van der Waals surface area contributed by atoms with Gasteiger partial charge >= 0.3 is 12.1 Å². The minimum atomic E-state index is -4.80. The molecule has 0 unspecified atom stereocenters. The number of rotatable bonds is 1. The lowest BCUT2D eigenvalue weighted by Crippen LogP contribution is -2.45. The van der Waals surface area contributed by atoms with Crippen LogP contribution in [0, 0.1) is 0 Å². The smallest absolute Gasteiger partial charge is 0.335 e. The Morgan fingerprint density at radius 2 is 1.86 bits per heavy atom. The number of nitrogens with zero attached hydrogens (tertiary/aromatic N) is 4. The zero-order valence-electron chi connectivity index (χ0n) is 11.0. The maximum Gasteiger partial charge on any atom is 0.471 e. The molecule has 0 bridgehead atoms. The van der Waals surface area contributed by atoms with Gasteiger partial charge in [0.2, 0.25) is 0 Å². The summed E-state index contributed by atoms with van der Waals surface area (Å²) in [6.45, 7) is 0.161. The van der Waals surface area contributed by atoms with Crippen LogP contribution < -0.4 is 0 Å². The summed E-state index contributed by atoms with van der Waals surface area (Å²) in [5.41, 5.74) is 1.62. The molecule has 1 saturated heterocycles. The van der Waals surface area contributed by atoms with E-state index in [2.05, 4.69) is 10.3 Å². The number of alkyl halides is 3. The summed E-state index contributed by atoms with van der Waals surface area (Å²) < 4.78 is 38.9. The highest BCUT2D eigenvalue weighted by Crippen LogP contribution is 2.27. The zero-order chi connectivity index (χ0) is 15.0. The van der Waals surface area contributed by atoms with E-state index in [9.17, 15) is 18.0 Å². The van der Waals surface area contributed by atoms with Gasteiger partial charge in [0.15, 0.2) is 0 Å². The van der Waals surface area contributed by atoms with Crippen LogP contribution in [0.5, 0.6) is 0 Å². The number of carbonyl (C=O) groups is 1. The Labute approximate surface area is 118 Å². The zero-order valence-corrected chi connectivity index (χ0v) is 11.0. The number of fused-ring (bicyclic) bond motifs is 1. The van der Waals surface area contributed by atoms with Crippen LogP contribution in [0.25, 0.3) is 11.0 Å². The molecule has 1 fully saturated rings. The third kappa shape index (κ3) is 2.57. The number of para-hydroxylation sites is 1. The highest BCUT2D eigenvalue weighted by Gasteiger charge is 2.43. The van der Waals surface area contributed by atoms with Gasteiger partial charge < -0.3 is 4.90 Å². The molecule has 0 radical (unpaired) electrons. The van der Waals surface area contributed by atoms with Crippen LogP contribution in [0.1, 0.15) is 18.9 Å². The van der Waals surface area contributed by atoms with Gasteiger partial charge in [-0.25, -0.2) is 4.68 Å². The van der Waals surface area contributed by atoms with Gasteiger partial charge in [-0.3, -0.25) is 4.79 Å². The Morgan fingerprint density at radius 3 is 2.52 bits per heavy atom. The second-order valence-corrected chi connectivity index (χ2v) is 5.04. The third-order valence-corrected chi connectivity index (χ3v) is 3.72. The van der Waals surface area contributed by atoms with E-state index in [0.29, 0.717) is 12.8 Å². The number of benzene rings is 1. The fraction of sp³-hybridized carbons (Fsp3) is 0.462. The normalized spacial score (nSPS) is 17.4. The third-order valence-electron chi connectivity index (χ3n) is 3.72. The molecule has 112 valence electrons. The Bertz CT molecular complexity index is 659. The van der Waals surface area contributed by atoms with E-state index in [-0.39, 0.29) is 19.1 Å². The van der Waals surface area contributed by atoms with Gasteiger partial charge in [-0.1, -0.05) is 17.3 Å². The van der Waals surface area contributed by atoms with E-state index in [4.69, 9.17) is 0 Å². The molecule has 0 spiro atoms. The second kappa shape index (κ2) is 5.01. The lowest BCUT2D eigenvalue weighted by atomic mass is 10.0. The van der Waals surface area contributed by atoms with Crippen LogP contribution in [-0.2, 0) is 4.79 Å². The molecule has 0 saturated carbocycles. The number of piperidine rings is 1. The summed E-state index contributed by atoms with van der Waals surface area (Å²) in [7, 11) is 0. The molecule has 3 rings (SSSR count). The Morgan fingerprint density at radius 1 is 1.19 bits per heavy atom. The molecule has 0 atom stereocenters. The van der Waals surface area contributed by atoms with E-state index in [1.54, 1.807) is 4.68 Å². The Kier molecular flexibility index (Phi) is 3.30. The van der Waals surface area contributed by atoms with Crippen molar-refractivity contribution in [2.45, 2.75) is 25.1 Å². The summed E-state index contributed by atoms with van der Waals surface area (Å²) >= 11 is 0. The molecule has 8 heteroatoms. The summed E-state index contributed by atoms with van der Waals surface area (Å²) in [4.78, 5) is 12.0. The first-order valence-electron chi connectivity index (χ1n) is 6.63. The lowest BCUT2D eigenvalue weighted by molar-refractivity contribution is -0.186. The number of carbonyl (C=O) groups excluding carboxylic acids is 1. The number of likely N-dealkylation sites (tertiary alicyclic amines) is 1. The predicted molar refractivity (Wildman–Crippen MR) is 68.4 cm³/mol. The molecule has 1 aliphatic heterocycles. The molecule has 1 aromatic carbocycles. The van der Waals surface area contributed by atoms with Crippen molar-refractivity contribution in [3.8, 4) is 0 Å². The number of aromatic nitrogens is 3. The van der Waals surface area contributed by atoms with Crippen molar-refractivity contribution in [1.82, 2.24) is 19.9 Å². The van der Waals surface area contributed by atoms with Crippen molar-refractivity contribution in [3.05, 3.63) is 24.3 Å². The first kappa shape index (κ1) is 13.8. The van der Waals surface area contributed by atoms with Gasteiger partial charge in [0.25, 0.3) is 0 Å². The monoisotopic (exact) mass is 298 g/mol. The molecule has 0 N–H and O–H groups in total. The van der Waals surface area contributed by atoms with Crippen molar-refractivity contribution in [2.24, 2.45) is 0 Å². The Hall–Kier alpha value is -2.12. The standard InChI is InChI=1S/C13H13F3N4O/c14-13(15,16)12(21)19-7-5-9(6-8-19)20-11-4-2-1-3-10(11)17-18-20/h1-4,9H,5-8H2. The van der Waals surface area contributed by atoms with Crippen molar-refractivity contribution in [3.63, 3.8) is 0 Å². The van der Waals surface area contributed by atoms with Crippen molar-refractivity contribution in [2.75, 3.05) is 13.1 Å². The molecule has 21 heavy (non-hydrogen) atoms. The number of amides is 1. The van der Waals surface area contributed by atoms with Gasteiger partial charge in [-0.15, -0.1) is 5.10 Å². The van der Waals surface area contributed by atoms with E-state index in [1.165, 1.54) is 0 Å². The fourth-order valence-corrected chi connectivity index (χ4v) is 2.65. The molecule has 1 aliphatic rings. The molecule has 2 aromatic rings. The second-order valence-electron chi connectivity index (χ2n) is 5.04. The summed E-state index contributed by atoms with van der Waals surface area (Å²) in [6, 6.07) is 7.40. The molecule has 1 amide bonds. The molecular formula is C13H13F3N4O. The Balaban J connectivity index is 1.73. The number of hydrogen-bond acceptors (Lipinski definition) is 3. The maximum absolute atomic E-state index is 12.4. The molecular weight excluding hydrogens is 285 g/mol. The molecule has 0 aliphatic carbocycles. The molecule has 5 nitrogen and oxygen atoms in total. The van der Waals surface area contributed by atoms with E-state index in [1.807, 2.05) is 24.3 Å². The van der Waals surface area contributed by atoms with Gasteiger partial charge in [0.05, 0.1) is 11.6 Å². The van der Waals surface area contributed by atoms with Crippen LogP contribution in [0.15, 0.2) is 24.3 Å². The van der Waals surface area contributed by atoms with E-state index in [0.717, 1.165) is 15.9 Å². The number of hydrogen-bond donors (Lipinski definition) is 0. The van der Waals surface area contributed by atoms with E-state index >= 15 is 0 Å². The minimum Gasteiger partial charge on any atom is -0.335 e. The first-order chi connectivity index (χ1) is 9.97. The highest BCUT2D eigenvalue weighted by atomic mass is 19.4. The first-order valence-corrected chi connectivity index (χ1v) is 6.63. The van der Waals surface area contributed by atoms with Gasteiger partial charge in [0, 0.05) is 13.1 Å². The van der Waals surface area contributed by atoms with E-state index < -0.39 is 12.1 Å².